The van der Waals surface area contributed by atoms with E-state index in [1.165, 1.54) is 7.11 Å². The first-order chi connectivity index (χ1) is 10.3. The molecule has 118 valence electrons. The van der Waals surface area contributed by atoms with Crippen LogP contribution in [-0.2, 0) is 4.74 Å². The van der Waals surface area contributed by atoms with Crippen molar-refractivity contribution in [3.05, 3.63) is 29.6 Å². The number of hydrogen-bond donors (Lipinski definition) is 1. The Labute approximate surface area is 126 Å². The third-order valence-corrected chi connectivity index (χ3v) is 4.03. The van der Waals surface area contributed by atoms with Gasteiger partial charge in [-0.2, -0.15) is 0 Å². The molecule has 1 aromatic rings. The van der Waals surface area contributed by atoms with Crippen molar-refractivity contribution in [1.29, 1.82) is 0 Å². The Kier molecular flexibility index (Phi) is 6.46. The Morgan fingerprint density at radius 1 is 1.48 bits per heavy atom. The van der Waals surface area contributed by atoms with Crippen molar-refractivity contribution in [3.8, 4) is 5.75 Å². The van der Waals surface area contributed by atoms with E-state index in [2.05, 4.69) is 12.2 Å². The molecule has 3 nitrogen and oxygen atoms in total. The molecule has 1 aromatic carbocycles. The highest BCUT2D eigenvalue weighted by Crippen LogP contribution is 2.29. The van der Waals surface area contributed by atoms with E-state index in [1.54, 1.807) is 6.07 Å². The predicted octanol–water partition coefficient (Wildman–Crippen LogP) is 3.83. The van der Waals surface area contributed by atoms with Crippen LogP contribution < -0.4 is 10.1 Å². The van der Waals surface area contributed by atoms with Crippen molar-refractivity contribution in [2.24, 2.45) is 0 Å². The third-order valence-electron chi connectivity index (χ3n) is 4.03. The Balaban J connectivity index is 2.06. The summed E-state index contributed by atoms with van der Waals surface area (Å²) in [7, 11) is 1.50. The first-order valence-electron chi connectivity index (χ1n) is 7.93. The van der Waals surface area contributed by atoms with Crippen LogP contribution in [0.3, 0.4) is 0 Å². The van der Waals surface area contributed by atoms with Crippen LogP contribution in [0.1, 0.15) is 50.6 Å². The Hall–Kier alpha value is -1.13. The lowest BCUT2D eigenvalue weighted by Gasteiger charge is -2.22. The van der Waals surface area contributed by atoms with Crippen LogP contribution in [0.25, 0.3) is 0 Å². The second-order valence-corrected chi connectivity index (χ2v) is 5.58. The fourth-order valence-corrected chi connectivity index (χ4v) is 2.87. The van der Waals surface area contributed by atoms with E-state index in [1.807, 2.05) is 12.1 Å². The number of halogens is 1. The SMILES string of the molecule is CCCNC(CCC1CCCO1)c1cccc(OC)c1F. The molecule has 4 heteroatoms. The Morgan fingerprint density at radius 3 is 3.00 bits per heavy atom. The zero-order valence-electron chi connectivity index (χ0n) is 13.0. The largest absolute Gasteiger partial charge is 0.494 e. The van der Waals surface area contributed by atoms with Crippen molar-refractivity contribution in [2.75, 3.05) is 20.3 Å². The second kappa shape index (κ2) is 8.35. The molecule has 21 heavy (non-hydrogen) atoms. The molecule has 1 saturated heterocycles. The van der Waals surface area contributed by atoms with E-state index in [0.29, 0.717) is 17.4 Å². The summed E-state index contributed by atoms with van der Waals surface area (Å²) >= 11 is 0. The number of nitrogens with one attached hydrogen (secondary N) is 1. The molecule has 2 rings (SSSR count). The lowest BCUT2D eigenvalue weighted by atomic mass is 9.98. The van der Waals surface area contributed by atoms with E-state index >= 15 is 0 Å². The first kappa shape index (κ1) is 16.2. The molecule has 2 unspecified atom stereocenters. The zero-order chi connectivity index (χ0) is 15.1. The zero-order valence-corrected chi connectivity index (χ0v) is 13.0. The molecule has 1 N–H and O–H groups in total. The monoisotopic (exact) mass is 295 g/mol. The standard InChI is InChI=1S/C17H26FNO2/c1-3-11-19-15(10-9-13-6-5-12-21-13)14-7-4-8-16(20-2)17(14)18/h4,7-8,13,15,19H,3,5-6,9-12H2,1-2H3. The van der Waals surface area contributed by atoms with Crippen LogP contribution >= 0.6 is 0 Å². The number of methoxy groups -OCH3 is 1. The minimum absolute atomic E-state index is 0.0178. The Bertz CT molecular complexity index is 433. The molecule has 1 fully saturated rings. The lowest BCUT2D eigenvalue weighted by Crippen LogP contribution is -2.24. The summed E-state index contributed by atoms with van der Waals surface area (Å²) in [6, 6.07) is 5.38. The second-order valence-electron chi connectivity index (χ2n) is 5.58. The van der Waals surface area contributed by atoms with Crippen molar-refractivity contribution in [2.45, 2.75) is 51.2 Å². The van der Waals surface area contributed by atoms with Gasteiger partial charge in [0, 0.05) is 18.2 Å². The minimum Gasteiger partial charge on any atom is -0.494 e. The van der Waals surface area contributed by atoms with Gasteiger partial charge in [0.25, 0.3) is 0 Å². The van der Waals surface area contributed by atoms with Gasteiger partial charge in [0.15, 0.2) is 11.6 Å². The quantitative estimate of drug-likeness (QED) is 0.790. The van der Waals surface area contributed by atoms with Crippen molar-refractivity contribution in [1.82, 2.24) is 5.32 Å². The maximum absolute atomic E-state index is 14.5. The molecule has 0 saturated carbocycles. The summed E-state index contributed by atoms with van der Waals surface area (Å²) in [5.41, 5.74) is 0.695. The molecule has 0 amide bonds. The van der Waals surface area contributed by atoms with E-state index in [0.717, 1.165) is 45.3 Å². The number of hydrogen-bond acceptors (Lipinski definition) is 3. The molecule has 0 spiro atoms. The van der Waals surface area contributed by atoms with Crippen LogP contribution in [0.5, 0.6) is 5.75 Å². The van der Waals surface area contributed by atoms with Gasteiger partial charge in [0.2, 0.25) is 0 Å². The molecule has 1 aliphatic rings. The average molecular weight is 295 g/mol. The summed E-state index contributed by atoms with van der Waals surface area (Å²) in [5, 5.41) is 3.45. The fourth-order valence-electron chi connectivity index (χ4n) is 2.87. The van der Waals surface area contributed by atoms with Gasteiger partial charge in [-0.3, -0.25) is 0 Å². The van der Waals surface area contributed by atoms with Crippen molar-refractivity contribution in [3.63, 3.8) is 0 Å². The molecule has 0 radical (unpaired) electrons. The van der Waals surface area contributed by atoms with E-state index in [-0.39, 0.29) is 11.9 Å². The fraction of sp³-hybridized carbons (Fsp3) is 0.647. The topological polar surface area (TPSA) is 30.5 Å². The maximum Gasteiger partial charge on any atom is 0.169 e. The Morgan fingerprint density at radius 2 is 2.33 bits per heavy atom. The average Bonchev–Trinajstić information content (AvgIpc) is 3.01. The molecular formula is C17H26FNO2. The van der Waals surface area contributed by atoms with Gasteiger partial charge in [-0.1, -0.05) is 19.1 Å². The van der Waals surface area contributed by atoms with Crippen molar-refractivity contribution < 1.29 is 13.9 Å². The summed E-state index contributed by atoms with van der Waals surface area (Å²) in [4.78, 5) is 0. The van der Waals surface area contributed by atoms with Gasteiger partial charge in [0.05, 0.1) is 13.2 Å². The number of rotatable bonds is 8. The van der Waals surface area contributed by atoms with Crippen LogP contribution in [-0.4, -0.2) is 26.4 Å². The van der Waals surface area contributed by atoms with Gasteiger partial charge >= 0.3 is 0 Å². The molecule has 0 aliphatic carbocycles. The highest BCUT2D eigenvalue weighted by Gasteiger charge is 2.21. The lowest BCUT2D eigenvalue weighted by molar-refractivity contribution is 0.0994. The van der Waals surface area contributed by atoms with Gasteiger partial charge in [-0.25, -0.2) is 4.39 Å². The maximum atomic E-state index is 14.5. The van der Waals surface area contributed by atoms with Crippen LogP contribution in [0.15, 0.2) is 18.2 Å². The summed E-state index contributed by atoms with van der Waals surface area (Å²) < 4.78 is 25.2. The highest BCUT2D eigenvalue weighted by atomic mass is 19.1. The van der Waals surface area contributed by atoms with E-state index < -0.39 is 0 Å². The molecule has 1 aliphatic heterocycles. The van der Waals surface area contributed by atoms with E-state index in [9.17, 15) is 4.39 Å². The van der Waals surface area contributed by atoms with Crippen LogP contribution in [0.2, 0.25) is 0 Å². The smallest absolute Gasteiger partial charge is 0.169 e. The predicted molar refractivity (Wildman–Crippen MR) is 82.2 cm³/mol. The molecular weight excluding hydrogens is 269 g/mol. The first-order valence-corrected chi connectivity index (χ1v) is 7.93. The van der Waals surface area contributed by atoms with Gasteiger partial charge < -0.3 is 14.8 Å². The number of benzene rings is 1. The number of ether oxygens (including phenoxy) is 2. The normalized spacial score (nSPS) is 19.7. The highest BCUT2D eigenvalue weighted by molar-refractivity contribution is 5.33. The third kappa shape index (κ3) is 4.42. The van der Waals surface area contributed by atoms with E-state index in [4.69, 9.17) is 9.47 Å². The van der Waals surface area contributed by atoms with Crippen LogP contribution in [0.4, 0.5) is 4.39 Å². The van der Waals surface area contributed by atoms with Gasteiger partial charge in [-0.05, 0) is 44.7 Å². The summed E-state index contributed by atoms with van der Waals surface area (Å²) in [5.74, 6) is 0.0638. The van der Waals surface area contributed by atoms with Gasteiger partial charge in [0.1, 0.15) is 0 Å². The molecule has 2 atom stereocenters. The molecule has 0 bridgehead atoms. The summed E-state index contributed by atoms with van der Waals surface area (Å²) in [6.07, 6.45) is 5.49. The molecule has 1 heterocycles. The summed E-state index contributed by atoms with van der Waals surface area (Å²) in [6.45, 7) is 3.87. The minimum atomic E-state index is -0.249. The molecule has 0 aromatic heterocycles. The van der Waals surface area contributed by atoms with Gasteiger partial charge in [-0.15, -0.1) is 0 Å². The van der Waals surface area contributed by atoms with Crippen molar-refractivity contribution >= 4 is 0 Å². The van der Waals surface area contributed by atoms with Crippen LogP contribution in [0, 0.1) is 5.82 Å².